The number of esters is 2. The molecule has 10 heteroatoms. The van der Waals surface area contributed by atoms with Crippen molar-refractivity contribution < 1.29 is 33.4 Å². The van der Waals surface area contributed by atoms with E-state index in [1.807, 2.05) is 0 Å². The highest BCUT2D eigenvalue weighted by atomic mass is 32.1. The van der Waals surface area contributed by atoms with Gasteiger partial charge in [0, 0.05) is 20.7 Å². The normalized spacial score (nSPS) is 15.8. The number of thiophene rings is 1. The lowest BCUT2D eigenvalue weighted by atomic mass is 10.1. The fourth-order valence-corrected chi connectivity index (χ4v) is 3.85. The van der Waals surface area contributed by atoms with Crippen LogP contribution in [0.25, 0.3) is 0 Å². The molecule has 9 nitrogen and oxygen atoms in total. The molecule has 0 spiro atoms. The van der Waals surface area contributed by atoms with E-state index in [9.17, 15) is 19.2 Å². The van der Waals surface area contributed by atoms with Gasteiger partial charge in [-0.05, 0) is 32.3 Å². The Hall–Kier alpha value is -2.46. The molecule has 0 bridgehead atoms. The van der Waals surface area contributed by atoms with E-state index < -0.39 is 30.6 Å². The third kappa shape index (κ3) is 5.08. The molecule has 2 heterocycles. The van der Waals surface area contributed by atoms with Crippen LogP contribution >= 0.6 is 11.3 Å². The first-order valence-electron chi connectivity index (χ1n) is 8.86. The van der Waals surface area contributed by atoms with Gasteiger partial charge in [0.1, 0.15) is 5.00 Å². The topological polar surface area (TPSA) is 111 Å². The molecule has 0 unspecified atom stereocenters. The Bertz CT molecular complexity index is 766. The Kier molecular flexibility index (Phi) is 7.53. The average Bonchev–Trinajstić information content (AvgIpc) is 3.27. The summed E-state index contributed by atoms with van der Waals surface area (Å²) in [6, 6.07) is 0. The van der Waals surface area contributed by atoms with Crippen LogP contribution < -0.4 is 5.32 Å². The largest absolute Gasteiger partial charge is 0.462 e. The minimum absolute atomic E-state index is 0.121. The summed E-state index contributed by atoms with van der Waals surface area (Å²) in [5.74, 6) is -2.15. The molecule has 154 valence electrons. The molecule has 1 aromatic heterocycles. The van der Waals surface area contributed by atoms with E-state index in [-0.39, 0.29) is 23.1 Å². The second-order valence-electron chi connectivity index (χ2n) is 6.34. The lowest BCUT2D eigenvalue weighted by Gasteiger charge is -2.10. The van der Waals surface area contributed by atoms with E-state index in [1.54, 1.807) is 27.9 Å². The van der Waals surface area contributed by atoms with Gasteiger partial charge in [-0.25, -0.2) is 9.59 Å². The van der Waals surface area contributed by atoms with Crippen molar-refractivity contribution in [2.75, 3.05) is 39.2 Å². The summed E-state index contributed by atoms with van der Waals surface area (Å²) in [5, 5.41) is 2.72. The van der Waals surface area contributed by atoms with Gasteiger partial charge in [-0.15, -0.1) is 11.3 Å². The quantitative estimate of drug-likeness (QED) is 0.677. The number of ether oxygens (including phenoxy) is 3. The summed E-state index contributed by atoms with van der Waals surface area (Å²) in [5.41, 5.74) is 0.546. The SMILES string of the molecule is CCOC(=O)c1c(NC(=O)COC(=O)[C@H]2CCCO2)sc(C(=O)N(C)C)c1C. The molecule has 1 aliphatic rings. The maximum atomic E-state index is 12.3. The van der Waals surface area contributed by atoms with Gasteiger partial charge in [0.25, 0.3) is 11.8 Å². The summed E-state index contributed by atoms with van der Waals surface area (Å²) in [4.78, 5) is 50.4. The van der Waals surface area contributed by atoms with Crippen molar-refractivity contribution in [1.82, 2.24) is 4.90 Å². The summed E-state index contributed by atoms with van der Waals surface area (Å²) in [6.45, 7) is 3.40. The fourth-order valence-electron chi connectivity index (χ4n) is 2.61. The van der Waals surface area contributed by atoms with Crippen LogP contribution in [0.5, 0.6) is 0 Å². The van der Waals surface area contributed by atoms with E-state index in [4.69, 9.17) is 14.2 Å². The number of nitrogens with zero attached hydrogens (tertiary/aromatic N) is 1. The van der Waals surface area contributed by atoms with Crippen LogP contribution in [0.1, 0.15) is 45.4 Å². The maximum Gasteiger partial charge on any atom is 0.341 e. The van der Waals surface area contributed by atoms with Crippen LogP contribution in [-0.2, 0) is 23.8 Å². The van der Waals surface area contributed by atoms with Crippen LogP contribution in [0.15, 0.2) is 0 Å². The fraction of sp³-hybridized carbons (Fsp3) is 0.556. The number of hydrogen-bond acceptors (Lipinski definition) is 8. The Morgan fingerprint density at radius 1 is 1.25 bits per heavy atom. The highest BCUT2D eigenvalue weighted by Crippen LogP contribution is 2.34. The highest BCUT2D eigenvalue weighted by Gasteiger charge is 2.28. The Morgan fingerprint density at radius 3 is 2.54 bits per heavy atom. The average molecular weight is 412 g/mol. The first-order chi connectivity index (χ1) is 13.3. The molecule has 1 aliphatic heterocycles. The van der Waals surface area contributed by atoms with Crippen molar-refractivity contribution >= 4 is 40.1 Å². The number of anilines is 1. The second kappa shape index (κ2) is 9.65. The zero-order valence-corrected chi connectivity index (χ0v) is 17.1. The highest BCUT2D eigenvalue weighted by molar-refractivity contribution is 7.18. The number of amides is 2. The van der Waals surface area contributed by atoms with E-state index in [0.29, 0.717) is 23.5 Å². The van der Waals surface area contributed by atoms with E-state index in [1.165, 1.54) is 4.90 Å². The number of rotatable bonds is 7. The molecular weight excluding hydrogens is 388 g/mol. The number of carbonyl (C=O) groups is 4. The maximum absolute atomic E-state index is 12.3. The lowest BCUT2D eigenvalue weighted by molar-refractivity contribution is -0.156. The second-order valence-corrected chi connectivity index (χ2v) is 7.36. The molecular formula is C18H24N2O7S. The Labute approximate surface area is 166 Å². The Morgan fingerprint density at radius 2 is 1.96 bits per heavy atom. The number of hydrogen-bond donors (Lipinski definition) is 1. The summed E-state index contributed by atoms with van der Waals surface area (Å²) >= 11 is 0.975. The van der Waals surface area contributed by atoms with Gasteiger partial charge in [0.05, 0.1) is 17.0 Å². The number of carbonyl (C=O) groups excluding carboxylic acids is 4. The molecule has 1 N–H and O–H groups in total. The molecule has 1 aromatic rings. The predicted octanol–water partition coefficient (Wildman–Crippen LogP) is 1.60. The zero-order valence-electron chi connectivity index (χ0n) is 16.3. The third-order valence-corrected chi connectivity index (χ3v) is 5.21. The minimum atomic E-state index is -0.642. The molecule has 1 fully saturated rings. The van der Waals surface area contributed by atoms with Crippen molar-refractivity contribution in [2.45, 2.75) is 32.8 Å². The molecule has 1 atom stereocenters. The lowest BCUT2D eigenvalue weighted by Crippen LogP contribution is -2.27. The van der Waals surface area contributed by atoms with E-state index >= 15 is 0 Å². The molecule has 28 heavy (non-hydrogen) atoms. The van der Waals surface area contributed by atoms with Crippen LogP contribution in [-0.4, -0.2) is 68.7 Å². The van der Waals surface area contributed by atoms with Gasteiger partial charge in [-0.3, -0.25) is 9.59 Å². The van der Waals surface area contributed by atoms with E-state index in [0.717, 1.165) is 17.8 Å². The van der Waals surface area contributed by atoms with Gasteiger partial charge >= 0.3 is 11.9 Å². The van der Waals surface area contributed by atoms with Gasteiger partial charge in [0.15, 0.2) is 12.7 Å². The van der Waals surface area contributed by atoms with Crippen LogP contribution in [0.3, 0.4) is 0 Å². The van der Waals surface area contributed by atoms with Gasteiger partial charge in [0.2, 0.25) is 0 Å². The van der Waals surface area contributed by atoms with Crippen LogP contribution in [0.4, 0.5) is 5.00 Å². The summed E-state index contributed by atoms with van der Waals surface area (Å²) in [7, 11) is 3.18. The third-order valence-electron chi connectivity index (χ3n) is 4.02. The van der Waals surface area contributed by atoms with Crippen LogP contribution in [0, 0.1) is 6.92 Å². The molecule has 0 aromatic carbocycles. The zero-order chi connectivity index (χ0) is 20.8. The van der Waals surface area contributed by atoms with Crippen molar-refractivity contribution in [3.8, 4) is 0 Å². The van der Waals surface area contributed by atoms with Crippen molar-refractivity contribution in [3.63, 3.8) is 0 Å². The molecule has 1 saturated heterocycles. The summed E-state index contributed by atoms with van der Waals surface area (Å²) < 4.78 is 15.2. The van der Waals surface area contributed by atoms with Crippen molar-refractivity contribution in [2.24, 2.45) is 0 Å². The molecule has 0 saturated carbocycles. The Balaban J connectivity index is 2.14. The molecule has 0 radical (unpaired) electrons. The monoisotopic (exact) mass is 412 g/mol. The number of nitrogens with one attached hydrogen (secondary N) is 1. The van der Waals surface area contributed by atoms with Gasteiger partial charge in [-0.1, -0.05) is 0 Å². The van der Waals surface area contributed by atoms with Crippen molar-refractivity contribution in [1.29, 1.82) is 0 Å². The van der Waals surface area contributed by atoms with Gasteiger partial charge < -0.3 is 24.4 Å². The minimum Gasteiger partial charge on any atom is -0.462 e. The predicted molar refractivity (Wildman–Crippen MR) is 102 cm³/mol. The molecule has 0 aliphatic carbocycles. The van der Waals surface area contributed by atoms with Crippen molar-refractivity contribution in [3.05, 3.63) is 16.0 Å². The standard InChI is InChI=1S/C18H24N2O7S/c1-5-25-18(24)13-10(2)14(16(22)20(3)4)28-15(13)19-12(21)9-27-17(23)11-7-6-8-26-11/h11H,5-9H2,1-4H3,(H,19,21)/t11-/m1/s1. The first kappa shape index (κ1) is 21.8. The van der Waals surface area contributed by atoms with Crippen LogP contribution in [0.2, 0.25) is 0 Å². The first-order valence-corrected chi connectivity index (χ1v) is 9.68. The summed E-state index contributed by atoms with van der Waals surface area (Å²) in [6.07, 6.45) is 0.691. The van der Waals surface area contributed by atoms with E-state index in [2.05, 4.69) is 5.32 Å². The van der Waals surface area contributed by atoms with Gasteiger partial charge in [-0.2, -0.15) is 0 Å². The molecule has 2 rings (SSSR count). The molecule has 2 amide bonds. The smallest absolute Gasteiger partial charge is 0.341 e.